The quantitative estimate of drug-likeness (QED) is 0.830. The monoisotopic (exact) mass is 292 g/mol. The molecule has 0 bridgehead atoms. The molecule has 0 N–H and O–H groups in total. The summed E-state index contributed by atoms with van der Waals surface area (Å²) in [6, 6.07) is 7.11. The van der Waals surface area contributed by atoms with Gasteiger partial charge < -0.3 is 4.74 Å². The van der Waals surface area contributed by atoms with Gasteiger partial charge in [0.1, 0.15) is 18.2 Å². The Kier molecular flexibility index (Phi) is 5.09. The number of ether oxygens (including phenoxy) is 1. The summed E-state index contributed by atoms with van der Waals surface area (Å²) in [6.07, 6.45) is 5.62. The van der Waals surface area contributed by atoms with Crippen LogP contribution in [0.3, 0.4) is 0 Å². The first kappa shape index (κ1) is 14.8. The molecule has 1 aromatic rings. The Morgan fingerprint density at radius 3 is 2.33 bits per heavy atom. The largest absolute Gasteiger partial charge is 0.492 e. The third-order valence-corrected chi connectivity index (χ3v) is 4.74. The van der Waals surface area contributed by atoms with Gasteiger partial charge >= 0.3 is 0 Å². The van der Waals surface area contributed by atoms with E-state index in [0.29, 0.717) is 6.61 Å². The van der Waals surface area contributed by atoms with Crippen molar-refractivity contribution in [2.24, 2.45) is 0 Å². The zero-order valence-corrected chi connectivity index (χ0v) is 12.6. The van der Waals surface area contributed by atoms with Gasteiger partial charge in [-0.15, -0.1) is 0 Å². The Hall–Kier alpha value is -1.13. The van der Waals surface area contributed by atoms with Crippen molar-refractivity contribution >= 4 is 0 Å². The minimum atomic E-state index is -0.217. The van der Waals surface area contributed by atoms with Crippen LogP contribution in [0.4, 0.5) is 4.39 Å². The van der Waals surface area contributed by atoms with Gasteiger partial charge in [-0.2, -0.15) is 0 Å². The maximum atomic E-state index is 12.8. The molecule has 0 aromatic heterocycles. The van der Waals surface area contributed by atoms with Gasteiger partial charge in [0.2, 0.25) is 0 Å². The van der Waals surface area contributed by atoms with E-state index >= 15 is 0 Å². The van der Waals surface area contributed by atoms with Crippen LogP contribution >= 0.6 is 0 Å². The average Bonchev–Trinajstić information content (AvgIpc) is 3.04. The van der Waals surface area contributed by atoms with Gasteiger partial charge in [0.15, 0.2) is 0 Å². The summed E-state index contributed by atoms with van der Waals surface area (Å²) in [6.45, 7) is 6.31. The van der Waals surface area contributed by atoms with Gasteiger partial charge in [-0.1, -0.05) is 12.8 Å². The minimum Gasteiger partial charge on any atom is -0.492 e. The molecule has 1 heterocycles. The second kappa shape index (κ2) is 7.23. The standard InChI is InChI=1S/C17H25FN2O/c18-15-5-7-17(8-6-15)21-14-13-19-9-11-20(12-10-19)16-3-1-2-4-16/h5-8,16H,1-4,9-14H2. The SMILES string of the molecule is Fc1ccc(OCCN2CCN(C3CCCC3)CC2)cc1. The predicted molar refractivity (Wildman–Crippen MR) is 82.2 cm³/mol. The minimum absolute atomic E-state index is 0.217. The number of halogens is 1. The van der Waals surface area contributed by atoms with E-state index in [1.165, 1.54) is 50.9 Å². The number of piperazine rings is 1. The zero-order valence-electron chi connectivity index (χ0n) is 12.6. The summed E-state index contributed by atoms with van der Waals surface area (Å²) in [7, 11) is 0. The summed E-state index contributed by atoms with van der Waals surface area (Å²) in [5.41, 5.74) is 0. The van der Waals surface area contributed by atoms with Crippen LogP contribution in [0, 0.1) is 5.82 Å². The summed E-state index contributed by atoms with van der Waals surface area (Å²) in [5, 5.41) is 0. The second-order valence-corrected chi connectivity index (χ2v) is 6.12. The van der Waals surface area contributed by atoms with E-state index in [-0.39, 0.29) is 5.82 Å². The van der Waals surface area contributed by atoms with Crippen molar-refractivity contribution in [2.45, 2.75) is 31.7 Å². The van der Waals surface area contributed by atoms with Crippen LogP contribution in [0.2, 0.25) is 0 Å². The molecule has 0 atom stereocenters. The molecule has 21 heavy (non-hydrogen) atoms. The number of rotatable bonds is 5. The molecule has 0 unspecified atom stereocenters. The van der Waals surface area contributed by atoms with Crippen LogP contribution in [0.5, 0.6) is 5.75 Å². The number of hydrogen-bond donors (Lipinski definition) is 0. The van der Waals surface area contributed by atoms with Gasteiger partial charge in [0.25, 0.3) is 0 Å². The van der Waals surface area contributed by atoms with E-state index in [1.807, 2.05) is 0 Å². The molecule has 1 aliphatic carbocycles. The van der Waals surface area contributed by atoms with Crippen molar-refractivity contribution in [1.82, 2.24) is 9.80 Å². The van der Waals surface area contributed by atoms with Crippen molar-refractivity contribution in [1.29, 1.82) is 0 Å². The Morgan fingerprint density at radius 1 is 1.00 bits per heavy atom. The van der Waals surface area contributed by atoms with E-state index in [9.17, 15) is 4.39 Å². The lowest BCUT2D eigenvalue weighted by Gasteiger charge is -2.38. The molecule has 3 nitrogen and oxygen atoms in total. The highest BCUT2D eigenvalue weighted by atomic mass is 19.1. The first-order valence-corrected chi connectivity index (χ1v) is 8.16. The van der Waals surface area contributed by atoms with E-state index in [1.54, 1.807) is 12.1 Å². The number of nitrogens with zero attached hydrogens (tertiary/aromatic N) is 2. The summed E-state index contributed by atoms with van der Waals surface area (Å²) in [5.74, 6) is 0.534. The van der Waals surface area contributed by atoms with Crippen molar-refractivity contribution in [3.05, 3.63) is 30.1 Å². The highest BCUT2D eigenvalue weighted by Gasteiger charge is 2.25. The Morgan fingerprint density at radius 2 is 1.67 bits per heavy atom. The third-order valence-electron chi connectivity index (χ3n) is 4.74. The van der Waals surface area contributed by atoms with E-state index in [4.69, 9.17) is 4.74 Å². The van der Waals surface area contributed by atoms with Crippen LogP contribution in [0.25, 0.3) is 0 Å². The molecule has 4 heteroatoms. The number of hydrogen-bond acceptors (Lipinski definition) is 3. The van der Waals surface area contributed by atoms with Crippen LogP contribution in [0.15, 0.2) is 24.3 Å². The van der Waals surface area contributed by atoms with Crippen molar-refractivity contribution in [2.75, 3.05) is 39.3 Å². The fourth-order valence-corrected chi connectivity index (χ4v) is 3.44. The summed E-state index contributed by atoms with van der Waals surface area (Å²) < 4.78 is 18.5. The predicted octanol–water partition coefficient (Wildman–Crippen LogP) is 2.76. The molecule has 0 radical (unpaired) electrons. The lowest BCUT2D eigenvalue weighted by Crippen LogP contribution is -2.50. The maximum Gasteiger partial charge on any atom is 0.123 e. The second-order valence-electron chi connectivity index (χ2n) is 6.12. The molecular formula is C17H25FN2O. The fourth-order valence-electron chi connectivity index (χ4n) is 3.44. The lowest BCUT2D eigenvalue weighted by molar-refractivity contribution is 0.0881. The molecule has 3 rings (SSSR count). The zero-order chi connectivity index (χ0) is 14.5. The van der Waals surface area contributed by atoms with Gasteiger partial charge in [-0.3, -0.25) is 9.80 Å². The molecule has 1 aromatic carbocycles. The topological polar surface area (TPSA) is 15.7 Å². The average molecular weight is 292 g/mol. The first-order chi connectivity index (χ1) is 10.3. The third kappa shape index (κ3) is 4.17. The van der Waals surface area contributed by atoms with E-state index in [0.717, 1.165) is 31.4 Å². The highest BCUT2D eigenvalue weighted by Crippen LogP contribution is 2.24. The van der Waals surface area contributed by atoms with Gasteiger partial charge in [-0.05, 0) is 37.1 Å². The van der Waals surface area contributed by atoms with Crippen LogP contribution in [-0.4, -0.2) is 55.2 Å². The van der Waals surface area contributed by atoms with Crippen LogP contribution in [-0.2, 0) is 0 Å². The molecule has 2 aliphatic rings. The van der Waals surface area contributed by atoms with E-state index < -0.39 is 0 Å². The van der Waals surface area contributed by atoms with E-state index in [2.05, 4.69) is 9.80 Å². The Labute approximate surface area is 126 Å². The van der Waals surface area contributed by atoms with Crippen LogP contribution in [0.1, 0.15) is 25.7 Å². The molecule has 116 valence electrons. The maximum absolute atomic E-state index is 12.8. The molecule has 2 fully saturated rings. The summed E-state index contributed by atoms with van der Waals surface area (Å²) >= 11 is 0. The first-order valence-electron chi connectivity index (χ1n) is 8.16. The normalized spacial score (nSPS) is 21.8. The Balaban J connectivity index is 1.34. The highest BCUT2D eigenvalue weighted by molar-refractivity contribution is 5.21. The molecule has 1 saturated heterocycles. The molecule has 1 saturated carbocycles. The van der Waals surface area contributed by atoms with Gasteiger partial charge in [0.05, 0.1) is 0 Å². The number of benzene rings is 1. The Bertz CT molecular complexity index is 423. The van der Waals surface area contributed by atoms with Gasteiger partial charge in [-0.25, -0.2) is 4.39 Å². The summed E-state index contributed by atoms with van der Waals surface area (Å²) in [4.78, 5) is 5.14. The van der Waals surface area contributed by atoms with Crippen molar-refractivity contribution in [3.63, 3.8) is 0 Å². The fraction of sp³-hybridized carbons (Fsp3) is 0.647. The van der Waals surface area contributed by atoms with Gasteiger partial charge in [0, 0.05) is 38.8 Å². The van der Waals surface area contributed by atoms with Crippen LogP contribution < -0.4 is 4.74 Å². The lowest BCUT2D eigenvalue weighted by atomic mass is 10.2. The van der Waals surface area contributed by atoms with Crippen molar-refractivity contribution < 1.29 is 9.13 Å². The molecule has 1 aliphatic heterocycles. The molecule has 0 amide bonds. The smallest absolute Gasteiger partial charge is 0.123 e. The molecule has 0 spiro atoms. The molecular weight excluding hydrogens is 267 g/mol. The van der Waals surface area contributed by atoms with Crippen molar-refractivity contribution in [3.8, 4) is 5.75 Å².